The molecule has 1 aliphatic rings. The van der Waals surface area contributed by atoms with Crippen molar-refractivity contribution in [3.05, 3.63) is 107 Å². The Morgan fingerprint density at radius 1 is 0.647 bits per heavy atom. The number of carbonyl (C=O) groups is 2. The van der Waals surface area contributed by atoms with Crippen molar-refractivity contribution in [3.8, 4) is 0 Å². The lowest BCUT2D eigenvalue weighted by Crippen LogP contribution is -2.39. The van der Waals surface area contributed by atoms with Gasteiger partial charge in [-0.25, -0.2) is 4.79 Å². The molecule has 0 aliphatic carbocycles. The molecule has 0 radical (unpaired) electrons. The first-order valence-corrected chi connectivity index (χ1v) is 11.4. The average molecular weight is 464 g/mol. The lowest BCUT2D eigenvalue weighted by atomic mass is 10.1. The Labute approximate surface area is 203 Å². The van der Waals surface area contributed by atoms with E-state index in [4.69, 9.17) is 5.11 Å². The van der Waals surface area contributed by atoms with Gasteiger partial charge in [0.2, 0.25) is 5.91 Å². The van der Waals surface area contributed by atoms with Gasteiger partial charge in [-0.2, -0.15) is 0 Å². The largest absolute Gasteiger partial charge is 0.478 e. The zero-order valence-electron chi connectivity index (χ0n) is 20.6. The SMILES string of the molecule is CC(=C/C=C/C(C)=C/C=C/C=C(C)/C=C/C=C(C)/C=C/C(=O)N1CCC(O)CC1)/C=C/C(=O)O. The first-order chi connectivity index (χ1) is 16.2. The molecule has 0 aromatic rings. The summed E-state index contributed by atoms with van der Waals surface area (Å²) in [6, 6.07) is 0. The van der Waals surface area contributed by atoms with Gasteiger partial charge in [-0.15, -0.1) is 0 Å². The van der Waals surface area contributed by atoms with Crippen molar-refractivity contribution in [2.24, 2.45) is 0 Å². The fourth-order valence-electron chi connectivity index (χ4n) is 2.94. The highest BCUT2D eigenvalue weighted by molar-refractivity contribution is 5.88. The molecule has 2 N–H and O–H groups in total. The first-order valence-electron chi connectivity index (χ1n) is 11.4. The van der Waals surface area contributed by atoms with Crippen LogP contribution in [0.15, 0.2) is 107 Å². The maximum atomic E-state index is 12.2. The smallest absolute Gasteiger partial charge is 0.328 e. The Bertz CT molecular complexity index is 960. The van der Waals surface area contributed by atoms with Crippen molar-refractivity contribution >= 4 is 11.9 Å². The van der Waals surface area contributed by atoms with E-state index in [-0.39, 0.29) is 12.0 Å². The molecule has 0 atom stereocenters. The molecule has 0 saturated carbocycles. The van der Waals surface area contributed by atoms with Crippen LogP contribution in [0.3, 0.4) is 0 Å². The van der Waals surface area contributed by atoms with Crippen LogP contribution in [0.4, 0.5) is 0 Å². The Kier molecular flexibility index (Phi) is 13.6. The zero-order valence-corrected chi connectivity index (χ0v) is 20.6. The predicted octanol–water partition coefficient (Wildman–Crippen LogP) is 5.62. The summed E-state index contributed by atoms with van der Waals surface area (Å²) in [5.41, 5.74) is 4.02. The summed E-state index contributed by atoms with van der Waals surface area (Å²) < 4.78 is 0. The molecular weight excluding hydrogens is 426 g/mol. The van der Waals surface area contributed by atoms with Gasteiger partial charge in [0.05, 0.1) is 6.10 Å². The van der Waals surface area contributed by atoms with Gasteiger partial charge in [0.15, 0.2) is 0 Å². The number of piperidine rings is 1. The van der Waals surface area contributed by atoms with Crippen LogP contribution in [0.25, 0.3) is 0 Å². The molecule has 1 saturated heterocycles. The van der Waals surface area contributed by atoms with Crippen LogP contribution in [-0.2, 0) is 9.59 Å². The van der Waals surface area contributed by atoms with Crippen LogP contribution in [0, 0.1) is 0 Å². The number of nitrogens with zero attached hydrogens (tertiary/aromatic N) is 1. The molecule has 5 nitrogen and oxygen atoms in total. The third kappa shape index (κ3) is 13.9. The van der Waals surface area contributed by atoms with Gasteiger partial charge in [0, 0.05) is 25.2 Å². The van der Waals surface area contributed by atoms with Gasteiger partial charge in [0.1, 0.15) is 0 Å². The van der Waals surface area contributed by atoms with Crippen molar-refractivity contribution in [1.82, 2.24) is 4.90 Å². The molecule has 0 aromatic heterocycles. The van der Waals surface area contributed by atoms with Crippen LogP contribution < -0.4 is 0 Å². The third-order valence-corrected chi connectivity index (χ3v) is 5.02. The maximum Gasteiger partial charge on any atom is 0.328 e. The number of aliphatic hydroxyl groups is 1. The lowest BCUT2D eigenvalue weighted by Gasteiger charge is -2.28. The monoisotopic (exact) mass is 463 g/mol. The standard InChI is InChI=1S/C29H37NO4/c1-23(9-5-6-10-24(2)12-8-14-26(4)16-18-29(33)34)11-7-13-25(3)15-17-28(32)30-21-19-27(31)20-22-30/h5-18,27,31H,19-22H2,1-4H3,(H,33,34)/b6-5+,11-7+,12-8+,17-15+,18-16+,23-9+,24-10+,25-13+,26-14-. The number of likely N-dealkylation sites (tertiary alicyclic amines) is 1. The molecule has 1 rings (SSSR count). The van der Waals surface area contributed by atoms with Gasteiger partial charge in [-0.1, -0.05) is 95.2 Å². The Hall–Kier alpha value is -3.44. The number of hydrogen-bond donors (Lipinski definition) is 2. The van der Waals surface area contributed by atoms with Crippen LogP contribution in [0.5, 0.6) is 0 Å². The molecule has 1 fully saturated rings. The Balaban J connectivity index is 2.51. The summed E-state index contributed by atoms with van der Waals surface area (Å²) in [6.07, 6.45) is 26.7. The number of carboxylic acid groups (broad SMARTS) is 1. The van der Waals surface area contributed by atoms with Gasteiger partial charge in [-0.3, -0.25) is 4.79 Å². The highest BCUT2D eigenvalue weighted by Gasteiger charge is 2.19. The molecule has 34 heavy (non-hydrogen) atoms. The average Bonchev–Trinajstić information content (AvgIpc) is 2.79. The Morgan fingerprint density at radius 3 is 1.53 bits per heavy atom. The van der Waals surface area contributed by atoms with Crippen LogP contribution in [-0.4, -0.2) is 46.2 Å². The number of carbonyl (C=O) groups excluding carboxylic acids is 1. The number of amides is 1. The minimum Gasteiger partial charge on any atom is -0.478 e. The molecule has 5 heteroatoms. The van der Waals surface area contributed by atoms with Crippen LogP contribution in [0.1, 0.15) is 40.5 Å². The van der Waals surface area contributed by atoms with Crippen LogP contribution >= 0.6 is 0 Å². The maximum absolute atomic E-state index is 12.2. The second-order valence-corrected chi connectivity index (χ2v) is 8.31. The van der Waals surface area contributed by atoms with Gasteiger partial charge >= 0.3 is 5.97 Å². The topological polar surface area (TPSA) is 77.8 Å². The van der Waals surface area contributed by atoms with E-state index in [1.807, 2.05) is 94.5 Å². The van der Waals surface area contributed by atoms with Crippen LogP contribution in [0.2, 0.25) is 0 Å². The molecule has 0 aromatic carbocycles. The number of carboxylic acids is 1. The van der Waals surface area contributed by atoms with E-state index in [2.05, 4.69) is 0 Å². The van der Waals surface area contributed by atoms with Crippen molar-refractivity contribution in [2.75, 3.05) is 13.1 Å². The molecule has 0 unspecified atom stereocenters. The number of aliphatic hydroxyl groups excluding tert-OH is 1. The second-order valence-electron chi connectivity index (χ2n) is 8.31. The van der Waals surface area contributed by atoms with Crippen molar-refractivity contribution in [2.45, 2.75) is 46.6 Å². The highest BCUT2D eigenvalue weighted by Crippen LogP contribution is 2.10. The van der Waals surface area contributed by atoms with Gasteiger partial charge in [0.25, 0.3) is 0 Å². The highest BCUT2D eigenvalue weighted by atomic mass is 16.4. The minimum atomic E-state index is -0.957. The van der Waals surface area contributed by atoms with E-state index in [1.165, 1.54) is 0 Å². The van der Waals surface area contributed by atoms with E-state index in [1.54, 1.807) is 17.1 Å². The predicted molar refractivity (Wildman–Crippen MR) is 140 cm³/mol. The molecule has 1 heterocycles. The summed E-state index contributed by atoms with van der Waals surface area (Å²) in [5.74, 6) is -0.967. The summed E-state index contributed by atoms with van der Waals surface area (Å²) in [7, 11) is 0. The van der Waals surface area contributed by atoms with Crippen molar-refractivity contribution in [1.29, 1.82) is 0 Å². The lowest BCUT2D eigenvalue weighted by molar-refractivity contribution is -0.131. The molecule has 1 amide bonds. The molecule has 0 bridgehead atoms. The number of hydrogen-bond acceptors (Lipinski definition) is 3. The van der Waals surface area contributed by atoms with E-state index in [9.17, 15) is 14.7 Å². The molecule has 0 spiro atoms. The summed E-state index contributed by atoms with van der Waals surface area (Å²) in [4.78, 5) is 24.5. The fourth-order valence-corrected chi connectivity index (χ4v) is 2.94. The van der Waals surface area contributed by atoms with E-state index in [0.717, 1.165) is 28.4 Å². The molecule has 182 valence electrons. The third-order valence-electron chi connectivity index (χ3n) is 5.02. The summed E-state index contributed by atoms with van der Waals surface area (Å²) >= 11 is 0. The summed E-state index contributed by atoms with van der Waals surface area (Å²) in [6.45, 7) is 9.03. The Morgan fingerprint density at radius 2 is 1.06 bits per heavy atom. The normalized spacial score (nSPS) is 18.0. The van der Waals surface area contributed by atoms with Gasteiger partial charge in [-0.05, 0) is 40.5 Å². The fraction of sp³-hybridized carbons (Fsp3) is 0.310. The van der Waals surface area contributed by atoms with E-state index in [0.29, 0.717) is 25.9 Å². The van der Waals surface area contributed by atoms with Gasteiger partial charge < -0.3 is 15.1 Å². The number of rotatable bonds is 10. The molecular formula is C29H37NO4. The second kappa shape index (κ2) is 16.2. The first kappa shape index (κ1) is 28.6. The summed E-state index contributed by atoms with van der Waals surface area (Å²) in [5, 5.41) is 18.1. The zero-order chi connectivity index (χ0) is 25.3. The molecule has 1 aliphatic heterocycles. The van der Waals surface area contributed by atoms with E-state index >= 15 is 0 Å². The number of aliphatic carboxylic acids is 1. The quantitative estimate of drug-likeness (QED) is 0.326. The minimum absolute atomic E-state index is 0.00998. The van der Waals surface area contributed by atoms with E-state index < -0.39 is 5.97 Å². The van der Waals surface area contributed by atoms with Crippen molar-refractivity contribution < 1.29 is 19.8 Å². The van der Waals surface area contributed by atoms with Crippen molar-refractivity contribution in [3.63, 3.8) is 0 Å². The number of allylic oxidation sites excluding steroid dienone is 16.